The van der Waals surface area contributed by atoms with Crippen molar-refractivity contribution in [2.45, 2.75) is 32.7 Å². The van der Waals surface area contributed by atoms with Crippen molar-refractivity contribution < 1.29 is 0 Å². The normalized spacial score (nSPS) is 12.2. The summed E-state index contributed by atoms with van der Waals surface area (Å²) in [4.78, 5) is 3.44. The zero-order valence-electron chi connectivity index (χ0n) is 11.5. The molecule has 3 nitrogen and oxygen atoms in total. The van der Waals surface area contributed by atoms with Gasteiger partial charge in [-0.15, -0.1) is 0 Å². The van der Waals surface area contributed by atoms with Crippen LogP contribution in [0.3, 0.4) is 0 Å². The Morgan fingerprint density at radius 3 is 2.72 bits per heavy atom. The number of benzene rings is 1. The molecule has 0 aliphatic heterocycles. The highest BCUT2D eigenvalue weighted by Crippen LogP contribution is 2.22. The summed E-state index contributed by atoms with van der Waals surface area (Å²) >= 11 is 0. The minimum Gasteiger partial charge on any atom is -0.358 e. The third kappa shape index (κ3) is 2.74. The van der Waals surface area contributed by atoms with E-state index >= 15 is 0 Å². The van der Waals surface area contributed by atoms with Crippen molar-refractivity contribution in [3.05, 3.63) is 35.5 Å². The Balaban J connectivity index is 2.10. The Bertz CT molecular complexity index is 526. The number of nitrogens with two attached hydrogens (primary N) is 1. The zero-order valence-corrected chi connectivity index (χ0v) is 11.5. The smallest absolute Gasteiger partial charge is 0.0458 e. The fourth-order valence-electron chi connectivity index (χ4n) is 2.25. The summed E-state index contributed by atoms with van der Waals surface area (Å²) in [7, 11) is 0. The highest BCUT2D eigenvalue weighted by molar-refractivity contribution is 5.84. The Morgan fingerprint density at radius 1 is 1.28 bits per heavy atom. The molecular weight excluding hydrogens is 222 g/mol. The first-order valence-electron chi connectivity index (χ1n) is 6.55. The van der Waals surface area contributed by atoms with Crippen LogP contribution in [-0.4, -0.2) is 23.6 Å². The second kappa shape index (κ2) is 5.12. The van der Waals surface area contributed by atoms with Gasteiger partial charge in [0.05, 0.1) is 0 Å². The first kappa shape index (κ1) is 13.1. The zero-order chi connectivity index (χ0) is 13.2. The maximum atomic E-state index is 5.72. The average molecular weight is 245 g/mol. The van der Waals surface area contributed by atoms with Gasteiger partial charge in [0, 0.05) is 28.7 Å². The number of H-pyrrole nitrogens is 1. The topological polar surface area (TPSA) is 53.8 Å². The molecular formula is C15H23N3. The molecule has 18 heavy (non-hydrogen) atoms. The van der Waals surface area contributed by atoms with E-state index < -0.39 is 0 Å². The minimum atomic E-state index is 0.0139. The van der Waals surface area contributed by atoms with Gasteiger partial charge in [-0.2, -0.15) is 0 Å². The molecule has 1 aromatic heterocycles. The summed E-state index contributed by atoms with van der Waals surface area (Å²) in [6, 6.07) is 8.47. The van der Waals surface area contributed by atoms with Gasteiger partial charge in [-0.3, -0.25) is 0 Å². The van der Waals surface area contributed by atoms with Gasteiger partial charge in [-0.25, -0.2) is 0 Å². The van der Waals surface area contributed by atoms with Crippen LogP contribution in [0.25, 0.3) is 10.9 Å². The fourth-order valence-corrected chi connectivity index (χ4v) is 2.25. The van der Waals surface area contributed by atoms with Gasteiger partial charge >= 0.3 is 0 Å². The third-order valence-corrected chi connectivity index (χ3v) is 3.52. The number of nitrogens with one attached hydrogen (secondary N) is 2. The molecule has 1 heterocycles. The highest BCUT2D eigenvalue weighted by Gasteiger charge is 2.14. The predicted molar refractivity (Wildman–Crippen MR) is 77.9 cm³/mol. The Morgan fingerprint density at radius 2 is 2.00 bits per heavy atom. The Kier molecular flexibility index (Phi) is 3.73. The van der Waals surface area contributed by atoms with Crippen molar-refractivity contribution in [2.75, 3.05) is 13.1 Å². The van der Waals surface area contributed by atoms with E-state index in [1.807, 2.05) is 0 Å². The molecule has 0 atom stereocenters. The molecule has 4 N–H and O–H groups in total. The number of hydrogen-bond donors (Lipinski definition) is 3. The number of rotatable bonds is 5. The van der Waals surface area contributed by atoms with Crippen LogP contribution in [-0.2, 0) is 6.42 Å². The summed E-state index contributed by atoms with van der Waals surface area (Å²) < 4.78 is 0. The van der Waals surface area contributed by atoms with Gasteiger partial charge in [0.15, 0.2) is 0 Å². The van der Waals surface area contributed by atoms with Gasteiger partial charge in [0.2, 0.25) is 0 Å². The molecule has 0 saturated carbocycles. The lowest BCUT2D eigenvalue weighted by Crippen LogP contribution is -2.46. The summed E-state index contributed by atoms with van der Waals surface area (Å²) in [6.07, 6.45) is 1.03. The molecule has 2 aromatic rings. The third-order valence-electron chi connectivity index (χ3n) is 3.52. The molecule has 0 saturated heterocycles. The highest BCUT2D eigenvalue weighted by atomic mass is 15.0. The fraction of sp³-hybridized carbons (Fsp3) is 0.467. The van der Waals surface area contributed by atoms with Crippen LogP contribution in [0.2, 0.25) is 0 Å². The number of fused-ring (bicyclic) bond motifs is 1. The Labute approximate surface area is 109 Å². The average Bonchev–Trinajstić information content (AvgIpc) is 2.66. The number of aryl methyl sites for hydroxylation is 1. The maximum Gasteiger partial charge on any atom is 0.0458 e. The first-order valence-corrected chi connectivity index (χ1v) is 6.55. The van der Waals surface area contributed by atoms with E-state index in [-0.39, 0.29) is 5.54 Å². The van der Waals surface area contributed by atoms with Crippen molar-refractivity contribution in [1.29, 1.82) is 0 Å². The predicted octanol–water partition coefficient (Wildman–Crippen LogP) is 2.35. The van der Waals surface area contributed by atoms with E-state index in [1.165, 1.54) is 22.2 Å². The Hall–Kier alpha value is -1.32. The van der Waals surface area contributed by atoms with Crippen molar-refractivity contribution in [2.24, 2.45) is 5.73 Å². The number of hydrogen-bond acceptors (Lipinski definition) is 2. The molecule has 0 aliphatic carbocycles. The lowest BCUT2D eigenvalue weighted by Gasteiger charge is -2.24. The molecule has 0 unspecified atom stereocenters. The summed E-state index contributed by atoms with van der Waals surface area (Å²) in [5, 5.41) is 4.84. The van der Waals surface area contributed by atoms with E-state index in [2.05, 4.69) is 55.3 Å². The molecule has 0 spiro atoms. The van der Waals surface area contributed by atoms with Crippen LogP contribution in [0, 0.1) is 6.92 Å². The standard InChI is InChI=1S/C15H23N3/c1-11-12(8-9-17-15(2,3)10-16)13-6-4-5-7-14(13)18-11/h4-7,17-18H,8-10,16H2,1-3H3. The van der Waals surface area contributed by atoms with Crippen LogP contribution in [0.1, 0.15) is 25.1 Å². The second-order valence-electron chi connectivity index (χ2n) is 5.54. The molecule has 0 amide bonds. The summed E-state index contributed by atoms with van der Waals surface area (Å²) in [6.45, 7) is 8.01. The van der Waals surface area contributed by atoms with Crippen molar-refractivity contribution in [1.82, 2.24) is 10.3 Å². The lowest BCUT2D eigenvalue weighted by molar-refractivity contribution is 0.402. The van der Waals surface area contributed by atoms with Crippen LogP contribution in [0.5, 0.6) is 0 Å². The summed E-state index contributed by atoms with van der Waals surface area (Å²) in [5.74, 6) is 0. The molecule has 3 heteroatoms. The molecule has 0 radical (unpaired) electrons. The van der Waals surface area contributed by atoms with Crippen LogP contribution in [0.4, 0.5) is 0 Å². The molecule has 1 aromatic carbocycles. The SMILES string of the molecule is Cc1[nH]c2ccccc2c1CCNC(C)(C)CN. The van der Waals surface area contributed by atoms with Crippen LogP contribution < -0.4 is 11.1 Å². The van der Waals surface area contributed by atoms with Gasteiger partial charge in [-0.1, -0.05) is 18.2 Å². The number of para-hydroxylation sites is 1. The van der Waals surface area contributed by atoms with Crippen LogP contribution >= 0.6 is 0 Å². The van der Waals surface area contributed by atoms with Gasteiger partial charge < -0.3 is 16.0 Å². The molecule has 98 valence electrons. The van der Waals surface area contributed by atoms with E-state index in [0.717, 1.165) is 13.0 Å². The number of aromatic nitrogens is 1. The van der Waals surface area contributed by atoms with Gasteiger partial charge in [-0.05, 0) is 45.4 Å². The molecule has 0 bridgehead atoms. The lowest BCUT2D eigenvalue weighted by atomic mass is 10.0. The van der Waals surface area contributed by atoms with Crippen molar-refractivity contribution >= 4 is 10.9 Å². The van der Waals surface area contributed by atoms with Crippen molar-refractivity contribution in [3.63, 3.8) is 0 Å². The molecule has 0 fully saturated rings. The quantitative estimate of drug-likeness (QED) is 0.757. The van der Waals surface area contributed by atoms with E-state index in [1.54, 1.807) is 0 Å². The van der Waals surface area contributed by atoms with Gasteiger partial charge in [0.25, 0.3) is 0 Å². The van der Waals surface area contributed by atoms with Gasteiger partial charge in [0.1, 0.15) is 0 Å². The molecule has 2 rings (SSSR count). The van der Waals surface area contributed by atoms with Crippen LogP contribution in [0.15, 0.2) is 24.3 Å². The first-order chi connectivity index (χ1) is 8.53. The minimum absolute atomic E-state index is 0.0139. The van der Waals surface area contributed by atoms with E-state index in [9.17, 15) is 0 Å². The van der Waals surface area contributed by atoms with E-state index in [0.29, 0.717) is 6.54 Å². The maximum absolute atomic E-state index is 5.72. The number of aromatic amines is 1. The largest absolute Gasteiger partial charge is 0.358 e. The molecule has 0 aliphatic rings. The monoisotopic (exact) mass is 245 g/mol. The van der Waals surface area contributed by atoms with Crippen molar-refractivity contribution in [3.8, 4) is 0 Å². The van der Waals surface area contributed by atoms with E-state index in [4.69, 9.17) is 5.73 Å². The summed E-state index contributed by atoms with van der Waals surface area (Å²) in [5.41, 5.74) is 9.63. The second-order valence-corrected chi connectivity index (χ2v) is 5.54.